The number of unbranched alkanes of at least 4 members (excludes halogenated alkanes) is 36. The van der Waals surface area contributed by atoms with Crippen molar-refractivity contribution in [3.8, 4) is 0 Å². The molecular weight excluding hydrogens is 923 g/mol. The predicted octanol–water partition coefficient (Wildman–Crippen LogP) is 16.2. The van der Waals surface area contributed by atoms with Gasteiger partial charge in [0.25, 0.3) is 0 Å². The monoisotopic (exact) mass is 1040 g/mol. The quantitative estimate of drug-likeness (QED) is 0.0261. The molecule has 0 aromatic rings. The number of hydrogen-bond donors (Lipinski definition) is 6. The molecule has 0 radical (unpaired) electrons. The molecule has 7 atom stereocenters. The van der Waals surface area contributed by atoms with E-state index in [1.54, 1.807) is 6.08 Å². The summed E-state index contributed by atoms with van der Waals surface area (Å²) in [6.45, 7) is 3.74. The van der Waals surface area contributed by atoms with Gasteiger partial charge in [0, 0.05) is 6.42 Å². The number of aliphatic hydroxyl groups excluding tert-OH is 5. The zero-order valence-corrected chi connectivity index (χ0v) is 48.1. The van der Waals surface area contributed by atoms with Gasteiger partial charge in [-0.2, -0.15) is 0 Å². The molecule has 9 nitrogen and oxygen atoms in total. The third kappa shape index (κ3) is 42.9. The molecule has 1 rings (SSSR count). The molecule has 1 aliphatic heterocycles. The van der Waals surface area contributed by atoms with Crippen LogP contribution in [0, 0.1) is 0 Å². The van der Waals surface area contributed by atoms with Gasteiger partial charge in [0.15, 0.2) is 6.29 Å². The summed E-state index contributed by atoms with van der Waals surface area (Å²) in [4.78, 5) is 13.0. The summed E-state index contributed by atoms with van der Waals surface area (Å²) >= 11 is 0. The Morgan fingerprint density at radius 3 is 1.23 bits per heavy atom. The minimum Gasteiger partial charge on any atom is -0.394 e. The average Bonchev–Trinajstić information content (AvgIpc) is 3.40. The van der Waals surface area contributed by atoms with Crippen molar-refractivity contribution in [1.82, 2.24) is 5.32 Å². The van der Waals surface area contributed by atoms with Gasteiger partial charge in [-0.15, -0.1) is 0 Å². The van der Waals surface area contributed by atoms with E-state index < -0.39 is 49.5 Å². The number of amides is 1. The van der Waals surface area contributed by atoms with Crippen LogP contribution in [0.25, 0.3) is 0 Å². The van der Waals surface area contributed by atoms with Crippen molar-refractivity contribution in [1.29, 1.82) is 0 Å². The van der Waals surface area contributed by atoms with Crippen LogP contribution < -0.4 is 5.32 Å². The highest BCUT2D eigenvalue weighted by molar-refractivity contribution is 5.76. The van der Waals surface area contributed by atoms with Crippen LogP contribution in [0.3, 0.4) is 0 Å². The third-order valence-electron chi connectivity index (χ3n) is 14.8. The molecule has 9 heteroatoms. The minimum atomic E-state index is -1.57. The first-order valence-electron chi connectivity index (χ1n) is 31.5. The van der Waals surface area contributed by atoms with Crippen molar-refractivity contribution < 1.29 is 39.8 Å². The molecule has 6 N–H and O–H groups in total. The largest absolute Gasteiger partial charge is 0.394 e. The van der Waals surface area contributed by atoms with E-state index in [1.807, 2.05) is 6.08 Å². The molecule has 0 aromatic heterocycles. The first kappa shape index (κ1) is 69.9. The van der Waals surface area contributed by atoms with E-state index in [4.69, 9.17) is 9.47 Å². The highest BCUT2D eigenvalue weighted by Crippen LogP contribution is 2.23. The summed E-state index contributed by atoms with van der Waals surface area (Å²) in [5.41, 5.74) is 0. The molecular formula is C65H119NO8. The van der Waals surface area contributed by atoms with Gasteiger partial charge < -0.3 is 40.3 Å². The second kappa shape index (κ2) is 54.3. The van der Waals surface area contributed by atoms with Crippen molar-refractivity contribution in [3.05, 3.63) is 60.8 Å². The van der Waals surface area contributed by atoms with E-state index in [1.165, 1.54) is 212 Å². The topological polar surface area (TPSA) is 149 Å². The number of nitrogens with one attached hydrogen (secondary N) is 1. The van der Waals surface area contributed by atoms with Crippen LogP contribution in [0.15, 0.2) is 60.8 Å². The fraction of sp³-hybridized carbons (Fsp3) is 0.831. The van der Waals surface area contributed by atoms with Gasteiger partial charge in [0.05, 0.1) is 25.4 Å². The maximum atomic E-state index is 13.0. The van der Waals surface area contributed by atoms with Gasteiger partial charge in [-0.05, 0) is 77.0 Å². The number of hydrogen-bond acceptors (Lipinski definition) is 8. The zero-order valence-electron chi connectivity index (χ0n) is 48.1. The lowest BCUT2D eigenvalue weighted by molar-refractivity contribution is -0.302. The van der Waals surface area contributed by atoms with E-state index in [2.05, 4.69) is 67.8 Å². The third-order valence-corrected chi connectivity index (χ3v) is 14.8. The van der Waals surface area contributed by atoms with Crippen molar-refractivity contribution in [2.24, 2.45) is 0 Å². The number of carbonyl (C=O) groups is 1. The average molecular weight is 1040 g/mol. The van der Waals surface area contributed by atoms with Gasteiger partial charge >= 0.3 is 0 Å². The van der Waals surface area contributed by atoms with Crippen LogP contribution in [0.4, 0.5) is 0 Å². The summed E-state index contributed by atoms with van der Waals surface area (Å²) < 4.78 is 11.2. The number of ether oxygens (including phenoxy) is 2. The predicted molar refractivity (Wildman–Crippen MR) is 313 cm³/mol. The van der Waals surface area contributed by atoms with Crippen LogP contribution in [-0.2, 0) is 14.3 Å². The highest BCUT2D eigenvalue weighted by Gasteiger charge is 2.44. The van der Waals surface area contributed by atoms with Gasteiger partial charge in [-0.3, -0.25) is 4.79 Å². The summed E-state index contributed by atoms with van der Waals surface area (Å²) in [5, 5.41) is 54.4. The molecule has 0 spiro atoms. The molecule has 0 bridgehead atoms. The first-order chi connectivity index (χ1) is 36.3. The lowest BCUT2D eigenvalue weighted by atomic mass is 9.99. The van der Waals surface area contributed by atoms with E-state index in [0.29, 0.717) is 6.42 Å². The van der Waals surface area contributed by atoms with Crippen LogP contribution in [-0.4, -0.2) is 87.5 Å². The Morgan fingerprint density at radius 1 is 0.459 bits per heavy atom. The number of aliphatic hydroxyl groups is 5. The van der Waals surface area contributed by atoms with E-state index >= 15 is 0 Å². The zero-order chi connectivity index (χ0) is 53.6. The maximum Gasteiger partial charge on any atom is 0.220 e. The molecule has 432 valence electrons. The Balaban J connectivity index is 2.07. The number of carbonyl (C=O) groups excluding carboxylic acids is 1. The van der Waals surface area contributed by atoms with Crippen LogP contribution in [0.2, 0.25) is 0 Å². The standard InChI is InChI=1S/C65H119NO8/c1-3-5-7-9-11-13-15-17-19-20-21-22-23-24-25-26-27-28-29-30-31-32-33-34-35-36-37-38-39-40-41-43-45-47-49-51-53-55-61(69)66-58(57-73-65-64(72)63(71)62(70)60(56-67)74-65)59(68)54-52-50-48-46-44-42-18-16-14-12-10-8-6-4-2/h14-17,20-21,44,46,52,54,58-60,62-65,67-68,70-72H,3-13,18-19,22-43,45,47-51,53,55-57H2,1-2H3,(H,66,69)/b16-14+,17-15-,21-20-,46-44+,54-52+. The molecule has 0 aromatic carbocycles. The maximum absolute atomic E-state index is 13.0. The van der Waals surface area contributed by atoms with E-state index in [0.717, 1.165) is 57.8 Å². The van der Waals surface area contributed by atoms with Gasteiger partial charge in [0.2, 0.25) is 5.91 Å². The van der Waals surface area contributed by atoms with E-state index in [9.17, 15) is 30.3 Å². The summed E-state index contributed by atoms with van der Waals surface area (Å²) in [6, 6.07) is -0.828. The van der Waals surface area contributed by atoms with Crippen LogP contribution in [0.5, 0.6) is 0 Å². The van der Waals surface area contributed by atoms with E-state index in [-0.39, 0.29) is 12.5 Å². The molecule has 1 amide bonds. The van der Waals surface area contributed by atoms with Crippen LogP contribution in [0.1, 0.15) is 290 Å². The van der Waals surface area contributed by atoms with Crippen molar-refractivity contribution in [2.75, 3.05) is 13.2 Å². The van der Waals surface area contributed by atoms with Gasteiger partial charge in [0.1, 0.15) is 24.4 Å². The summed E-state index contributed by atoms with van der Waals surface area (Å²) in [6.07, 6.45) is 67.6. The molecule has 7 unspecified atom stereocenters. The Hall–Kier alpha value is -2.11. The normalized spacial score (nSPS) is 19.4. The molecule has 1 aliphatic rings. The smallest absolute Gasteiger partial charge is 0.220 e. The first-order valence-corrected chi connectivity index (χ1v) is 31.5. The highest BCUT2D eigenvalue weighted by atomic mass is 16.7. The second-order valence-electron chi connectivity index (χ2n) is 21.8. The van der Waals surface area contributed by atoms with Gasteiger partial charge in [-0.1, -0.05) is 267 Å². The number of allylic oxidation sites excluding steroid dienone is 9. The molecule has 74 heavy (non-hydrogen) atoms. The Labute approximate surface area is 456 Å². The van der Waals surface area contributed by atoms with Crippen molar-refractivity contribution in [2.45, 2.75) is 333 Å². The molecule has 1 heterocycles. The second-order valence-corrected chi connectivity index (χ2v) is 21.8. The molecule has 0 saturated carbocycles. The lowest BCUT2D eigenvalue weighted by Gasteiger charge is -2.40. The number of rotatable bonds is 54. The Morgan fingerprint density at radius 2 is 0.811 bits per heavy atom. The molecule has 0 aliphatic carbocycles. The summed E-state index contributed by atoms with van der Waals surface area (Å²) in [7, 11) is 0. The van der Waals surface area contributed by atoms with Crippen LogP contribution >= 0.6 is 0 Å². The minimum absolute atomic E-state index is 0.188. The fourth-order valence-corrected chi connectivity index (χ4v) is 9.81. The van der Waals surface area contributed by atoms with Gasteiger partial charge in [-0.25, -0.2) is 0 Å². The lowest BCUT2D eigenvalue weighted by Crippen LogP contribution is -2.60. The Bertz CT molecular complexity index is 1350. The Kier molecular flexibility index (Phi) is 51.3. The fourth-order valence-electron chi connectivity index (χ4n) is 9.81. The molecule has 1 saturated heterocycles. The van der Waals surface area contributed by atoms with Crippen molar-refractivity contribution >= 4 is 5.91 Å². The molecule has 1 fully saturated rings. The van der Waals surface area contributed by atoms with Crippen molar-refractivity contribution in [3.63, 3.8) is 0 Å². The SMILES string of the molecule is CCCCCC/C=C/CC/C=C/CC/C=C/C(O)C(COC1OC(CO)C(O)C(O)C1O)NC(=O)CCCCCCCCCCCCCCCCCCCCCCCCCCC/C=C\C/C=C\CCCCCCC. The summed E-state index contributed by atoms with van der Waals surface area (Å²) in [5.74, 6) is -0.188.